The Hall–Kier alpha value is -2.36. The van der Waals surface area contributed by atoms with Crippen LogP contribution in [0.25, 0.3) is 10.8 Å². The van der Waals surface area contributed by atoms with Crippen molar-refractivity contribution in [3.05, 3.63) is 48.0 Å². The summed E-state index contributed by atoms with van der Waals surface area (Å²) in [6.45, 7) is 1.89. The fourth-order valence-electron chi connectivity index (χ4n) is 2.38. The number of carboxylic acids is 1. The number of aliphatic carboxylic acids is 1. The Morgan fingerprint density at radius 2 is 1.86 bits per heavy atom. The third-order valence-corrected chi connectivity index (χ3v) is 3.41. The van der Waals surface area contributed by atoms with E-state index in [4.69, 9.17) is 0 Å². The molecule has 1 atom stereocenters. The lowest BCUT2D eigenvalue weighted by molar-refractivity contribution is -0.141. The van der Waals surface area contributed by atoms with Crippen molar-refractivity contribution in [2.24, 2.45) is 0 Å². The molecule has 0 saturated carbocycles. The third-order valence-electron chi connectivity index (χ3n) is 3.41. The van der Waals surface area contributed by atoms with Crippen LogP contribution in [0.1, 0.15) is 25.3 Å². The van der Waals surface area contributed by atoms with E-state index in [1.165, 1.54) is 0 Å². The second-order valence-electron chi connectivity index (χ2n) is 5.05. The van der Waals surface area contributed by atoms with Gasteiger partial charge in [0.15, 0.2) is 0 Å². The Morgan fingerprint density at radius 3 is 2.57 bits per heavy atom. The number of carbonyl (C=O) groups excluding carboxylic acids is 1. The van der Waals surface area contributed by atoms with Crippen molar-refractivity contribution in [1.29, 1.82) is 0 Å². The van der Waals surface area contributed by atoms with Gasteiger partial charge in [-0.1, -0.05) is 49.4 Å². The van der Waals surface area contributed by atoms with Gasteiger partial charge in [-0.2, -0.15) is 0 Å². The Balaban J connectivity index is 2.23. The molecule has 1 amide bonds. The van der Waals surface area contributed by atoms with Gasteiger partial charge in [0.25, 0.3) is 0 Å². The summed E-state index contributed by atoms with van der Waals surface area (Å²) >= 11 is 0. The van der Waals surface area contributed by atoms with Crippen molar-refractivity contribution < 1.29 is 14.7 Å². The second-order valence-corrected chi connectivity index (χ2v) is 5.05. The molecule has 2 rings (SSSR count). The Morgan fingerprint density at radius 1 is 1.14 bits per heavy atom. The minimum absolute atomic E-state index is 0.217. The predicted molar refractivity (Wildman–Crippen MR) is 82.1 cm³/mol. The Labute approximate surface area is 123 Å². The van der Waals surface area contributed by atoms with Crippen LogP contribution < -0.4 is 5.32 Å². The molecule has 0 heterocycles. The number of amides is 1. The maximum Gasteiger partial charge on any atom is 0.326 e. The zero-order valence-electron chi connectivity index (χ0n) is 12.0. The molecule has 2 aromatic rings. The molecule has 0 aliphatic carbocycles. The molecule has 4 nitrogen and oxygen atoms in total. The Kier molecular flexibility index (Phi) is 4.93. The highest BCUT2D eigenvalue weighted by Gasteiger charge is 2.20. The number of carboxylic acid groups (broad SMARTS) is 1. The van der Waals surface area contributed by atoms with Crippen LogP contribution >= 0.6 is 0 Å². The van der Waals surface area contributed by atoms with Gasteiger partial charge in [-0.3, -0.25) is 4.79 Å². The van der Waals surface area contributed by atoms with Crippen molar-refractivity contribution in [3.8, 4) is 0 Å². The summed E-state index contributed by atoms with van der Waals surface area (Å²) in [6.07, 6.45) is 1.33. The molecule has 0 aromatic heterocycles. The van der Waals surface area contributed by atoms with Crippen LogP contribution in [-0.2, 0) is 16.0 Å². The van der Waals surface area contributed by atoms with Gasteiger partial charge in [0, 0.05) is 12.8 Å². The quantitative estimate of drug-likeness (QED) is 0.857. The van der Waals surface area contributed by atoms with E-state index in [1.54, 1.807) is 0 Å². The van der Waals surface area contributed by atoms with E-state index in [1.807, 2.05) is 49.4 Å². The van der Waals surface area contributed by atoms with Gasteiger partial charge in [0.05, 0.1) is 0 Å². The minimum Gasteiger partial charge on any atom is -0.480 e. The summed E-state index contributed by atoms with van der Waals surface area (Å²) < 4.78 is 0. The number of nitrogens with one attached hydrogen (secondary N) is 1. The lowest BCUT2D eigenvalue weighted by Gasteiger charge is -2.15. The molecule has 0 aliphatic rings. The standard InChI is InChI=1S/C17H19NO3/c1-2-6-16(19)18-15(17(20)21)11-13-9-5-8-12-7-3-4-10-14(12)13/h3-5,7-10,15H,2,6,11H2,1H3,(H,18,19)(H,20,21)/t15-/m0/s1. The van der Waals surface area contributed by atoms with Crippen molar-refractivity contribution in [2.75, 3.05) is 0 Å². The van der Waals surface area contributed by atoms with Crippen molar-refractivity contribution in [1.82, 2.24) is 5.32 Å². The van der Waals surface area contributed by atoms with Gasteiger partial charge in [0.1, 0.15) is 6.04 Å². The van der Waals surface area contributed by atoms with Crippen molar-refractivity contribution >= 4 is 22.6 Å². The van der Waals surface area contributed by atoms with Crippen LogP contribution in [0, 0.1) is 0 Å². The van der Waals surface area contributed by atoms with E-state index >= 15 is 0 Å². The molecule has 0 saturated heterocycles. The molecule has 0 spiro atoms. The van der Waals surface area contributed by atoms with Gasteiger partial charge >= 0.3 is 5.97 Å². The van der Waals surface area contributed by atoms with Crippen molar-refractivity contribution in [3.63, 3.8) is 0 Å². The normalized spacial score (nSPS) is 12.0. The van der Waals surface area contributed by atoms with Crippen LogP contribution in [0.4, 0.5) is 0 Å². The van der Waals surface area contributed by atoms with Crippen LogP contribution in [0.3, 0.4) is 0 Å². The number of benzene rings is 2. The summed E-state index contributed by atoms with van der Waals surface area (Å²) in [6, 6.07) is 12.7. The molecule has 2 aromatic carbocycles. The smallest absolute Gasteiger partial charge is 0.326 e. The fourth-order valence-corrected chi connectivity index (χ4v) is 2.38. The average Bonchev–Trinajstić information content (AvgIpc) is 2.47. The van der Waals surface area contributed by atoms with E-state index in [0.717, 1.165) is 16.3 Å². The van der Waals surface area contributed by atoms with Gasteiger partial charge in [0.2, 0.25) is 5.91 Å². The van der Waals surface area contributed by atoms with E-state index < -0.39 is 12.0 Å². The van der Waals surface area contributed by atoms with Crippen molar-refractivity contribution in [2.45, 2.75) is 32.2 Å². The molecule has 0 aliphatic heterocycles. The molecule has 21 heavy (non-hydrogen) atoms. The molecule has 4 heteroatoms. The Bertz CT molecular complexity index is 646. The molecule has 0 bridgehead atoms. The van der Waals surface area contributed by atoms with Gasteiger partial charge in [-0.15, -0.1) is 0 Å². The van der Waals surface area contributed by atoms with E-state index in [0.29, 0.717) is 12.8 Å². The second kappa shape index (κ2) is 6.88. The highest BCUT2D eigenvalue weighted by Crippen LogP contribution is 2.19. The average molecular weight is 285 g/mol. The van der Waals surface area contributed by atoms with Gasteiger partial charge < -0.3 is 10.4 Å². The first-order chi connectivity index (χ1) is 10.1. The molecular weight excluding hydrogens is 266 g/mol. The highest BCUT2D eigenvalue weighted by atomic mass is 16.4. The number of hydrogen-bond acceptors (Lipinski definition) is 2. The lowest BCUT2D eigenvalue weighted by atomic mass is 9.98. The zero-order chi connectivity index (χ0) is 15.2. The maximum atomic E-state index is 11.6. The molecule has 0 fully saturated rings. The highest BCUT2D eigenvalue weighted by molar-refractivity contribution is 5.88. The number of rotatable bonds is 6. The molecule has 2 N–H and O–H groups in total. The maximum absolute atomic E-state index is 11.6. The first kappa shape index (κ1) is 15.0. The first-order valence-electron chi connectivity index (χ1n) is 7.10. The van der Waals surface area contributed by atoms with E-state index in [-0.39, 0.29) is 12.3 Å². The van der Waals surface area contributed by atoms with Gasteiger partial charge in [-0.25, -0.2) is 4.79 Å². The number of carbonyl (C=O) groups is 2. The third kappa shape index (κ3) is 3.81. The SMILES string of the molecule is CCCC(=O)N[C@@H](Cc1cccc2ccccc12)C(=O)O. The summed E-state index contributed by atoms with van der Waals surface area (Å²) in [5, 5.41) is 14.0. The summed E-state index contributed by atoms with van der Waals surface area (Å²) in [4.78, 5) is 23.0. The van der Waals surface area contributed by atoms with Crippen LogP contribution in [0.15, 0.2) is 42.5 Å². The summed E-state index contributed by atoms with van der Waals surface area (Å²) in [5.41, 5.74) is 0.928. The summed E-state index contributed by atoms with van der Waals surface area (Å²) in [5.74, 6) is -1.22. The van der Waals surface area contributed by atoms with E-state index in [9.17, 15) is 14.7 Å². The van der Waals surface area contributed by atoms with E-state index in [2.05, 4.69) is 5.32 Å². The molecule has 0 unspecified atom stereocenters. The predicted octanol–water partition coefficient (Wildman–Crippen LogP) is 2.75. The number of fused-ring (bicyclic) bond motifs is 1. The minimum atomic E-state index is -1.01. The topological polar surface area (TPSA) is 66.4 Å². The van der Waals surface area contributed by atoms with Crippen LogP contribution in [-0.4, -0.2) is 23.0 Å². The van der Waals surface area contributed by atoms with Crippen LogP contribution in [0.5, 0.6) is 0 Å². The monoisotopic (exact) mass is 285 g/mol. The molecule has 0 radical (unpaired) electrons. The summed E-state index contributed by atoms with van der Waals surface area (Å²) in [7, 11) is 0. The lowest BCUT2D eigenvalue weighted by Crippen LogP contribution is -2.42. The zero-order valence-corrected chi connectivity index (χ0v) is 12.0. The fraction of sp³-hybridized carbons (Fsp3) is 0.294. The largest absolute Gasteiger partial charge is 0.480 e. The molecule has 110 valence electrons. The molecular formula is C17H19NO3. The van der Waals surface area contributed by atoms with Gasteiger partial charge in [-0.05, 0) is 22.8 Å². The number of hydrogen-bond donors (Lipinski definition) is 2. The van der Waals surface area contributed by atoms with Crippen LogP contribution in [0.2, 0.25) is 0 Å². The first-order valence-corrected chi connectivity index (χ1v) is 7.10.